The summed E-state index contributed by atoms with van der Waals surface area (Å²) in [6.45, 7) is 0. The number of sulfonamides is 1. The number of benzene rings is 3. The third-order valence-electron chi connectivity index (χ3n) is 4.10. The standard InChI is InChI=1S/C20H18N4O6S/c1-30-20-8-3-2-7-18(20)23-31(28,29)16-9-10-17(19(12-16)24(26)27)22-21-13-14-5-4-6-15(25)11-14/h2-13,22-23,25H,1H3/b21-13+. The van der Waals surface area contributed by atoms with Crippen LogP contribution in [0.2, 0.25) is 0 Å². The van der Waals surface area contributed by atoms with Crippen molar-refractivity contribution >= 4 is 33.3 Å². The average Bonchev–Trinajstić information content (AvgIpc) is 2.74. The predicted octanol–water partition coefficient (Wildman–Crippen LogP) is 3.56. The maximum Gasteiger partial charge on any atom is 0.295 e. The first-order valence-electron chi connectivity index (χ1n) is 8.82. The number of nitrogens with one attached hydrogen (secondary N) is 2. The van der Waals surface area contributed by atoms with Crippen LogP contribution in [0.4, 0.5) is 17.1 Å². The van der Waals surface area contributed by atoms with Gasteiger partial charge in [0.2, 0.25) is 0 Å². The summed E-state index contributed by atoms with van der Waals surface area (Å²) in [5.41, 5.74) is 2.81. The Morgan fingerprint density at radius 3 is 2.55 bits per heavy atom. The number of nitro groups is 1. The molecule has 160 valence electrons. The molecule has 11 heteroatoms. The molecule has 0 saturated heterocycles. The van der Waals surface area contributed by atoms with E-state index in [1.165, 1.54) is 43.7 Å². The monoisotopic (exact) mass is 442 g/mol. The Balaban J connectivity index is 1.86. The minimum Gasteiger partial charge on any atom is -0.508 e. The summed E-state index contributed by atoms with van der Waals surface area (Å²) in [6, 6.07) is 16.0. The molecular formula is C20H18N4O6S. The van der Waals surface area contributed by atoms with Crippen molar-refractivity contribution in [3.8, 4) is 11.5 Å². The van der Waals surface area contributed by atoms with Crippen LogP contribution in [0.25, 0.3) is 0 Å². The summed E-state index contributed by atoms with van der Waals surface area (Å²) in [5.74, 6) is 0.354. The van der Waals surface area contributed by atoms with Gasteiger partial charge in [0.05, 0.1) is 28.8 Å². The Bertz CT molecular complexity index is 1240. The van der Waals surface area contributed by atoms with E-state index in [2.05, 4.69) is 15.2 Å². The van der Waals surface area contributed by atoms with Crippen molar-refractivity contribution in [2.75, 3.05) is 17.3 Å². The van der Waals surface area contributed by atoms with Crippen LogP contribution >= 0.6 is 0 Å². The molecule has 0 aliphatic carbocycles. The molecule has 0 amide bonds. The molecule has 0 fully saturated rings. The van der Waals surface area contributed by atoms with Crippen LogP contribution in [0.5, 0.6) is 11.5 Å². The average molecular weight is 442 g/mol. The van der Waals surface area contributed by atoms with Crippen molar-refractivity contribution in [3.05, 3.63) is 82.4 Å². The highest BCUT2D eigenvalue weighted by molar-refractivity contribution is 7.92. The molecule has 0 saturated carbocycles. The molecule has 0 radical (unpaired) electrons. The molecule has 3 N–H and O–H groups in total. The van der Waals surface area contributed by atoms with Gasteiger partial charge in [-0.3, -0.25) is 20.3 Å². The summed E-state index contributed by atoms with van der Waals surface area (Å²) in [7, 11) is -2.72. The van der Waals surface area contributed by atoms with E-state index in [1.807, 2.05) is 0 Å². The van der Waals surface area contributed by atoms with Crippen LogP contribution in [0.3, 0.4) is 0 Å². The van der Waals surface area contributed by atoms with Gasteiger partial charge in [0, 0.05) is 6.07 Å². The number of ether oxygens (including phenoxy) is 1. The molecule has 0 atom stereocenters. The van der Waals surface area contributed by atoms with E-state index >= 15 is 0 Å². The van der Waals surface area contributed by atoms with Crippen LogP contribution in [0.15, 0.2) is 76.7 Å². The first-order chi connectivity index (χ1) is 14.8. The zero-order chi connectivity index (χ0) is 22.4. The molecule has 31 heavy (non-hydrogen) atoms. The topological polar surface area (TPSA) is 143 Å². The van der Waals surface area contributed by atoms with Crippen molar-refractivity contribution in [1.82, 2.24) is 0 Å². The third kappa shape index (κ3) is 5.28. The lowest BCUT2D eigenvalue weighted by Gasteiger charge is -2.12. The Kier molecular flexibility index (Phi) is 6.36. The lowest BCUT2D eigenvalue weighted by atomic mass is 10.2. The van der Waals surface area contributed by atoms with E-state index in [4.69, 9.17) is 4.74 Å². The van der Waals surface area contributed by atoms with Crippen molar-refractivity contribution in [3.63, 3.8) is 0 Å². The molecular weight excluding hydrogens is 424 g/mol. The lowest BCUT2D eigenvalue weighted by Crippen LogP contribution is -2.14. The smallest absolute Gasteiger partial charge is 0.295 e. The summed E-state index contributed by atoms with van der Waals surface area (Å²) in [6.07, 6.45) is 1.36. The van der Waals surface area contributed by atoms with E-state index in [0.29, 0.717) is 11.3 Å². The van der Waals surface area contributed by atoms with Crippen LogP contribution in [0, 0.1) is 10.1 Å². The number of phenolic OH excluding ortho intramolecular Hbond substituents is 1. The summed E-state index contributed by atoms with van der Waals surface area (Å²) >= 11 is 0. The molecule has 3 aromatic carbocycles. The number of anilines is 2. The fourth-order valence-corrected chi connectivity index (χ4v) is 3.73. The van der Waals surface area contributed by atoms with Gasteiger partial charge in [0.1, 0.15) is 17.2 Å². The number of hydrogen-bond donors (Lipinski definition) is 3. The number of para-hydroxylation sites is 2. The fraction of sp³-hybridized carbons (Fsp3) is 0.0500. The molecule has 0 aromatic heterocycles. The zero-order valence-electron chi connectivity index (χ0n) is 16.2. The highest BCUT2D eigenvalue weighted by Gasteiger charge is 2.22. The zero-order valence-corrected chi connectivity index (χ0v) is 17.0. The van der Waals surface area contributed by atoms with Gasteiger partial charge < -0.3 is 9.84 Å². The minimum atomic E-state index is -4.12. The number of methoxy groups -OCH3 is 1. The SMILES string of the molecule is COc1ccccc1NS(=O)(=O)c1ccc(N/N=C/c2cccc(O)c2)c([N+](=O)[O-])c1. The summed E-state index contributed by atoms with van der Waals surface area (Å²) in [5, 5.41) is 24.8. The second kappa shape index (κ2) is 9.13. The van der Waals surface area contributed by atoms with E-state index in [9.17, 15) is 23.6 Å². The second-order valence-corrected chi connectivity index (χ2v) is 7.89. The summed E-state index contributed by atoms with van der Waals surface area (Å²) in [4.78, 5) is 10.5. The summed E-state index contributed by atoms with van der Waals surface area (Å²) < 4.78 is 32.9. The Morgan fingerprint density at radius 1 is 1.06 bits per heavy atom. The van der Waals surface area contributed by atoms with Gasteiger partial charge >= 0.3 is 0 Å². The predicted molar refractivity (Wildman–Crippen MR) is 116 cm³/mol. The van der Waals surface area contributed by atoms with E-state index in [-0.39, 0.29) is 22.0 Å². The number of nitrogens with zero attached hydrogens (tertiary/aromatic N) is 2. The molecule has 10 nitrogen and oxygen atoms in total. The van der Waals surface area contributed by atoms with Crippen LogP contribution < -0.4 is 14.9 Å². The van der Waals surface area contributed by atoms with Gasteiger partial charge in [-0.15, -0.1) is 0 Å². The molecule has 3 rings (SSSR count). The van der Waals surface area contributed by atoms with Crippen LogP contribution in [-0.4, -0.2) is 31.8 Å². The van der Waals surface area contributed by atoms with E-state index in [0.717, 1.165) is 6.07 Å². The first-order valence-corrected chi connectivity index (χ1v) is 10.3. The molecule has 0 heterocycles. The number of rotatable bonds is 8. The van der Waals surface area contributed by atoms with Gasteiger partial charge in [0.25, 0.3) is 15.7 Å². The highest BCUT2D eigenvalue weighted by Crippen LogP contribution is 2.30. The molecule has 0 aliphatic heterocycles. The molecule has 0 bridgehead atoms. The van der Waals surface area contributed by atoms with Crippen LogP contribution in [-0.2, 0) is 10.0 Å². The van der Waals surface area contributed by atoms with Gasteiger partial charge in [-0.2, -0.15) is 5.10 Å². The second-order valence-electron chi connectivity index (χ2n) is 6.21. The maximum atomic E-state index is 12.7. The third-order valence-corrected chi connectivity index (χ3v) is 5.46. The normalized spacial score (nSPS) is 11.3. The van der Waals surface area contributed by atoms with Gasteiger partial charge in [0.15, 0.2) is 0 Å². The number of nitro benzene ring substituents is 1. The Labute approximate surface area is 178 Å². The van der Waals surface area contributed by atoms with Gasteiger partial charge in [-0.05, 0) is 42.0 Å². The van der Waals surface area contributed by atoms with Crippen molar-refractivity contribution in [2.45, 2.75) is 4.90 Å². The fourth-order valence-electron chi connectivity index (χ4n) is 2.64. The number of phenols is 1. The van der Waals surface area contributed by atoms with Gasteiger partial charge in [-0.25, -0.2) is 8.42 Å². The van der Waals surface area contributed by atoms with Crippen LogP contribution in [0.1, 0.15) is 5.56 Å². The van der Waals surface area contributed by atoms with Crippen molar-refractivity contribution < 1.29 is 23.2 Å². The number of hydrogen-bond acceptors (Lipinski definition) is 8. The number of aromatic hydroxyl groups is 1. The Hall–Kier alpha value is -4.12. The lowest BCUT2D eigenvalue weighted by molar-refractivity contribution is -0.384. The van der Waals surface area contributed by atoms with E-state index in [1.54, 1.807) is 30.3 Å². The first kappa shape index (κ1) is 21.6. The largest absolute Gasteiger partial charge is 0.508 e. The maximum absolute atomic E-state index is 12.7. The van der Waals surface area contributed by atoms with Crippen molar-refractivity contribution in [2.24, 2.45) is 5.10 Å². The molecule has 0 aliphatic rings. The van der Waals surface area contributed by atoms with Crippen molar-refractivity contribution in [1.29, 1.82) is 0 Å². The quantitative estimate of drug-likeness (QED) is 0.275. The highest BCUT2D eigenvalue weighted by atomic mass is 32.2. The van der Waals surface area contributed by atoms with Gasteiger partial charge in [-0.1, -0.05) is 24.3 Å². The Morgan fingerprint density at radius 2 is 1.84 bits per heavy atom. The molecule has 3 aromatic rings. The number of hydrazone groups is 1. The molecule has 0 unspecified atom stereocenters. The minimum absolute atomic E-state index is 0.00218. The van der Waals surface area contributed by atoms with E-state index < -0.39 is 20.6 Å². The molecule has 0 spiro atoms.